The fourth-order valence-corrected chi connectivity index (χ4v) is 2.23. The number of nitrogens with zero attached hydrogens (tertiary/aromatic N) is 2. The highest BCUT2D eigenvalue weighted by Crippen LogP contribution is 2.10. The minimum Gasteiger partial charge on any atom is -0.354 e. The summed E-state index contributed by atoms with van der Waals surface area (Å²) in [6, 6.07) is -0.403. The van der Waals surface area contributed by atoms with Crippen molar-refractivity contribution in [1.82, 2.24) is 20.4 Å². The van der Waals surface area contributed by atoms with E-state index >= 15 is 0 Å². The molecule has 1 aliphatic heterocycles. The standard InChI is InChI=1S/C13H20N4O2/c1-8-9(2)16-17(10(8)3)7-12(18)15-11-5-4-6-14-13(11)19/h11H,4-7H2,1-3H3,(H,14,19)(H,15,18). The fourth-order valence-electron chi connectivity index (χ4n) is 2.23. The van der Waals surface area contributed by atoms with Gasteiger partial charge in [-0.05, 0) is 39.2 Å². The van der Waals surface area contributed by atoms with Gasteiger partial charge in [0.25, 0.3) is 0 Å². The van der Waals surface area contributed by atoms with Gasteiger partial charge < -0.3 is 10.6 Å². The van der Waals surface area contributed by atoms with Gasteiger partial charge in [-0.3, -0.25) is 14.3 Å². The van der Waals surface area contributed by atoms with Crippen LogP contribution < -0.4 is 10.6 Å². The zero-order valence-electron chi connectivity index (χ0n) is 11.6. The van der Waals surface area contributed by atoms with Crippen LogP contribution in [0.25, 0.3) is 0 Å². The van der Waals surface area contributed by atoms with E-state index in [2.05, 4.69) is 15.7 Å². The number of rotatable bonds is 3. The van der Waals surface area contributed by atoms with E-state index in [9.17, 15) is 9.59 Å². The van der Waals surface area contributed by atoms with Gasteiger partial charge in [0.05, 0.1) is 5.69 Å². The predicted molar refractivity (Wildman–Crippen MR) is 70.6 cm³/mol. The maximum absolute atomic E-state index is 11.9. The molecule has 2 rings (SSSR count). The van der Waals surface area contributed by atoms with E-state index in [0.29, 0.717) is 13.0 Å². The first kappa shape index (κ1) is 13.6. The fraction of sp³-hybridized carbons (Fsp3) is 0.615. The van der Waals surface area contributed by atoms with E-state index in [4.69, 9.17) is 0 Å². The van der Waals surface area contributed by atoms with E-state index in [0.717, 1.165) is 23.4 Å². The second-order valence-corrected chi connectivity index (χ2v) is 5.01. The molecule has 0 bridgehead atoms. The van der Waals surface area contributed by atoms with Crippen molar-refractivity contribution in [2.45, 2.75) is 46.2 Å². The Hall–Kier alpha value is -1.85. The molecular weight excluding hydrogens is 244 g/mol. The molecule has 104 valence electrons. The largest absolute Gasteiger partial charge is 0.354 e. The van der Waals surface area contributed by atoms with Crippen LogP contribution in [0.5, 0.6) is 0 Å². The summed E-state index contributed by atoms with van der Waals surface area (Å²) in [4.78, 5) is 23.5. The molecule has 0 spiro atoms. The molecule has 2 N–H and O–H groups in total. The second-order valence-electron chi connectivity index (χ2n) is 5.01. The number of aryl methyl sites for hydroxylation is 1. The number of carbonyl (C=O) groups is 2. The molecule has 1 saturated heterocycles. The average molecular weight is 264 g/mol. The molecule has 1 fully saturated rings. The summed E-state index contributed by atoms with van der Waals surface area (Å²) in [7, 11) is 0. The number of nitrogens with one attached hydrogen (secondary N) is 2. The van der Waals surface area contributed by atoms with Crippen molar-refractivity contribution >= 4 is 11.8 Å². The lowest BCUT2D eigenvalue weighted by Gasteiger charge is -2.22. The lowest BCUT2D eigenvalue weighted by Crippen LogP contribution is -2.50. The monoisotopic (exact) mass is 264 g/mol. The maximum atomic E-state index is 11.9. The molecular formula is C13H20N4O2. The van der Waals surface area contributed by atoms with Crippen LogP contribution in [0.4, 0.5) is 0 Å². The highest BCUT2D eigenvalue weighted by Gasteiger charge is 2.23. The zero-order chi connectivity index (χ0) is 14.0. The Kier molecular flexibility index (Phi) is 3.87. The number of amides is 2. The third-order valence-corrected chi connectivity index (χ3v) is 3.66. The Morgan fingerprint density at radius 3 is 2.79 bits per heavy atom. The van der Waals surface area contributed by atoms with Crippen molar-refractivity contribution in [3.8, 4) is 0 Å². The van der Waals surface area contributed by atoms with Crippen LogP contribution in [0.3, 0.4) is 0 Å². The van der Waals surface area contributed by atoms with Crippen LogP contribution >= 0.6 is 0 Å². The van der Waals surface area contributed by atoms with Gasteiger partial charge in [0.1, 0.15) is 12.6 Å². The van der Waals surface area contributed by atoms with Gasteiger partial charge in [-0.2, -0.15) is 5.10 Å². The molecule has 0 aromatic carbocycles. The van der Waals surface area contributed by atoms with Crippen LogP contribution in [0.1, 0.15) is 29.8 Å². The molecule has 0 aliphatic carbocycles. The molecule has 6 nitrogen and oxygen atoms in total. The van der Waals surface area contributed by atoms with Crippen LogP contribution in [0.15, 0.2) is 0 Å². The number of aromatic nitrogens is 2. The number of hydrogen-bond acceptors (Lipinski definition) is 3. The van der Waals surface area contributed by atoms with E-state index in [1.165, 1.54) is 0 Å². The Morgan fingerprint density at radius 2 is 2.21 bits per heavy atom. The summed E-state index contributed by atoms with van der Waals surface area (Å²) in [6.07, 6.45) is 1.60. The van der Waals surface area contributed by atoms with Crippen molar-refractivity contribution in [3.05, 3.63) is 17.0 Å². The summed E-state index contributed by atoms with van der Waals surface area (Å²) >= 11 is 0. The molecule has 19 heavy (non-hydrogen) atoms. The second kappa shape index (κ2) is 5.42. The smallest absolute Gasteiger partial charge is 0.242 e. The van der Waals surface area contributed by atoms with Gasteiger partial charge in [0.2, 0.25) is 11.8 Å². The van der Waals surface area contributed by atoms with Gasteiger partial charge in [-0.15, -0.1) is 0 Å². The third kappa shape index (κ3) is 2.94. The average Bonchev–Trinajstić information content (AvgIpc) is 2.60. The first-order chi connectivity index (χ1) is 8.99. The van der Waals surface area contributed by atoms with Crippen LogP contribution in [0, 0.1) is 20.8 Å². The summed E-state index contributed by atoms with van der Waals surface area (Å²) < 4.78 is 1.68. The van der Waals surface area contributed by atoms with Crippen LogP contribution in [0.2, 0.25) is 0 Å². The SMILES string of the molecule is Cc1nn(CC(=O)NC2CCCNC2=O)c(C)c1C. The van der Waals surface area contributed by atoms with Gasteiger partial charge in [0, 0.05) is 12.2 Å². The van der Waals surface area contributed by atoms with E-state index in [-0.39, 0.29) is 18.4 Å². The normalized spacial score (nSPS) is 19.1. The third-order valence-electron chi connectivity index (χ3n) is 3.66. The molecule has 1 unspecified atom stereocenters. The van der Waals surface area contributed by atoms with Gasteiger partial charge in [-0.1, -0.05) is 0 Å². The molecule has 0 radical (unpaired) electrons. The molecule has 2 amide bonds. The quantitative estimate of drug-likeness (QED) is 0.819. The summed E-state index contributed by atoms with van der Waals surface area (Å²) in [5.74, 6) is -0.267. The summed E-state index contributed by atoms with van der Waals surface area (Å²) in [5.41, 5.74) is 3.02. The molecule has 6 heteroatoms. The van der Waals surface area contributed by atoms with Crippen LogP contribution in [-0.4, -0.2) is 34.2 Å². The van der Waals surface area contributed by atoms with E-state index in [1.54, 1.807) is 4.68 Å². The molecule has 1 atom stereocenters. The highest BCUT2D eigenvalue weighted by molar-refractivity contribution is 5.87. The Balaban J connectivity index is 1.97. The number of carbonyl (C=O) groups excluding carboxylic acids is 2. The summed E-state index contributed by atoms with van der Waals surface area (Å²) in [6.45, 7) is 6.70. The van der Waals surface area contributed by atoms with Crippen LogP contribution in [-0.2, 0) is 16.1 Å². The molecule has 1 aliphatic rings. The Bertz CT molecular complexity index is 507. The highest BCUT2D eigenvalue weighted by atomic mass is 16.2. The first-order valence-electron chi connectivity index (χ1n) is 6.56. The van der Waals surface area contributed by atoms with E-state index in [1.807, 2.05) is 20.8 Å². The van der Waals surface area contributed by atoms with Crippen molar-refractivity contribution in [1.29, 1.82) is 0 Å². The molecule has 0 saturated carbocycles. The maximum Gasteiger partial charge on any atom is 0.242 e. The topological polar surface area (TPSA) is 76.0 Å². The first-order valence-corrected chi connectivity index (χ1v) is 6.56. The molecule has 2 heterocycles. The molecule has 1 aromatic heterocycles. The molecule has 1 aromatic rings. The van der Waals surface area contributed by atoms with Gasteiger partial charge >= 0.3 is 0 Å². The Labute approximate surface area is 112 Å². The van der Waals surface area contributed by atoms with Crippen molar-refractivity contribution in [2.24, 2.45) is 0 Å². The lowest BCUT2D eigenvalue weighted by molar-refractivity contribution is -0.130. The van der Waals surface area contributed by atoms with Gasteiger partial charge in [0.15, 0.2) is 0 Å². The summed E-state index contributed by atoms with van der Waals surface area (Å²) in [5, 5.41) is 9.83. The predicted octanol–water partition coefficient (Wildman–Crippen LogP) is 0.203. The van der Waals surface area contributed by atoms with Gasteiger partial charge in [-0.25, -0.2) is 0 Å². The van der Waals surface area contributed by atoms with Crippen molar-refractivity contribution < 1.29 is 9.59 Å². The zero-order valence-corrected chi connectivity index (χ0v) is 11.6. The van der Waals surface area contributed by atoms with Crippen molar-refractivity contribution in [3.63, 3.8) is 0 Å². The minimum absolute atomic E-state index is 0.0934. The number of piperidine rings is 1. The van der Waals surface area contributed by atoms with Crippen molar-refractivity contribution in [2.75, 3.05) is 6.54 Å². The number of hydrogen-bond donors (Lipinski definition) is 2. The van der Waals surface area contributed by atoms with E-state index < -0.39 is 6.04 Å². The lowest BCUT2D eigenvalue weighted by atomic mass is 10.1. The minimum atomic E-state index is -0.403. The Morgan fingerprint density at radius 1 is 1.47 bits per heavy atom.